The number of carbonyl (C=O) groups excluding carboxylic acids is 2. The molecule has 0 bridgehead atoms. The summed E-state index contributed by atoms with van der Waals surface area (Å²) in [5.74, 6) is 0.758. The Bertz CT molecular complexity index is 586. The van der Waals surface area contributed by atoms with E-state index in [-0.39, 0.29) is 30.5 Å². The van der Waals surface area contributed by atoms with E-state index in [0.29, 0.717) is 19.8 Å². The summed E-state index contributed by atoms with van der Waals surface area (Å²) in [7, 11) is 2.54. The van der Waals surface area contributed by atoms with Crippen LogP contribution in [0.2, 0.25) is 0 Å². The van der Waals surface area contributed by atoms with Gasteiger partial charge in [-0.2, -0.15) is 0 Å². The van der Waals surface area contributed by atoms with Crippen LogP contribution in [0.3, 0.4) is 0 Å². The second-order valence-electron chi connectivity index (χ2n) is 5.62. The number of fused-ring (bicyclic) bond motifs is 2. The predicted molar refractivity (Wildman–Crippen MR) is 82.1 cm³/mol. The summed E-state index contributed by atoms with van der Waals surface area (Å²) in [6.07, 6.45) is 2.51. The molecule has 0 N–H and O–H groups in total. The molecule has 0 aliphatic carbocycles. The van der Waals surface area contributed by atoms with Crippen molar-refractivity contribution in [1.82, 2.24) is 0 Å². The van der Waals surface area contributed by atoms with Crippen molar-refractivity contribution in [1.29, 1.82) is 0 Å². The molecule has 144 valence electrons. The van der Waals surface area contributed by atoms with E-state index in [1.165, 1.54) is 14.2 Å². The summed E-state index contributed by atoms with van der Waals surface area (Å²) in [5, 5.41) is 0. The smallest absolute Gasteiger partial charge is 0.491 e. The Morgan fingerprint density at radius 2 is 1.77 bits per heavy atom. The fraction of sp³-hybridized carbons (Fsp3) is 0.625. The van der Waals surface area contributed by atoms with Crippen LogP contribution in [0.5, 0.6) is 0 Å². The Balaban J connectivity index is 0.000000151. The molecule has 4 aliphatic rings. The van der Waals surface area contributed by atoms with Gasteiger partial charge in [-0.15, -0.1) is 0 Å². The highest BCUT2D eigenvalue weighted by molar-refractivity contribution is 5.60. The fourth-order valence-corrected chi connectivity index (χ4v) is 2.82. The highest BCUT2D eigenvalue weighted by Gasteiger charge is 2.42. The van der Waals surface area contributed by atoms with Gasteiger partial charge in [-0.05, 0) is 12.2 Å². The number of carbonyl (C=O) groups is 2. The summed E-state index contributed by atoms with van der Waals surface area (Å²) in [6, 6.07) is 0. The zero-order chi connectivity index (χ0) is 18.5. The maximum absolute atomic E-state index is 10.8. The number of methoxy groups -OCH3 is 2. The maximum Gasteiger partial charge on any atom is 0.508 e. The van der Waals surface area contributed by atoms with Crippen LogP contribution in [0.1, 0.15) is 0 Å². The molecule has 0 saturated carbocycles. The van der Waals surface area contributed by atoms with Gasteiger partial charge in [-0.1, -0.05) is 0 Å². The Kier molecular flexibility index (Phi) is 5.84. The first-order chi connectivity index (χ1) is 12.6. The Morgan fingerprint density at radius 1 is 1.04 bits per heavy atom. The van der Waals surface area contributed by atoms with E-state index in [0.717, 1.165) is 5.76 Å². The molecule has 4 heterocycles. The van der Waals surface area contributed by atoms with Gasteiger partial charge >= 0.3 is 12.3 Å². The molecule has 0 aromatic rings. The lowest BCUT2D eigenvalue weighted by Gasteiger charge is -2.15. The zero-order valence-electron chi connectivity index (χ0n) is 14.3. The molecule has 2 saturated heterocycles. The first-order valence-corrected chi connectivity index (χ1v) is 7.99. The summed E-state index contributed by atoms with van der Waals surface area (Å²) < 4.78 is 39.6. The molecule has 0 aromatic heterocycles. The standard InChI is InChI=1S/2C8H10O5/c2*1-10-8(9)13-6-4-12-5-2-3-11-7(5)6/h2,6-7H,3-4H2,1H3;2-3,5-7H,4H2,1H3. The van der Waals surface area contributed by atoms with Gasteiger partial charge < -0.3 is 37.9 Å². The molecule has 5 unspecified atom stereocenters. The zero-order valence-corrected chi connectivity index (χ0v) is 14.3. The van der Waals surface area contributed by atoms with Crippen LogP contribution in [-0.4, -0.2) is 76.9 Å². The van der Waals surface area contributed by atoms with Crippen LogP contribution in [0.4, 0.5) is 9.59 Å². The lowest BCUT2D eigenvalue weighted by molar-refractivity contribution is -0.0179. The van der Waals surface area contributed by atoms with E-state index in [4.69, 9.17) is 28.4 Å². The van der Waals surface area contributed by atoms with Crippen molar-refractivity contribution in [2.45, 2.75) is 30.5 Å². The summed E-state index contributed by atoms with van der Waals surface area (Å²) in [4.78, 5) is 21.6. The third-order valence-corrected chi connectivity index (χ3v) is 4.07. The summed E-state index contributed by atoms with van der Waals surface area (Å²) >= 11 is 0. The van der Waals surface area contributed by atoms with Crippen molar-refractivity contribution in [3.63, 3.8) is 0 Å². The molecular formula is C16H20O10. The van der Waals surface area contributed by atoms with Crippen LogP contribution in [0.25, 0.3) is 0 Å². The van der Waals surface area contributed by atoms with E-state index in [1.54, 1.807) is 12.3 Å². The minimum absolute atomic E-state index is 0.0883. The minimum Gasteiger partial charge on any atom is -0.491 e. The average molecular weight is 372 g/mol. The highest BCUT2D eigenvalue weighted by atomic mass is 16.7. The van der Waals surface area contributed by atoms with Crippen LogP contribution >= 0.6 is 0 Å². The molecule has 10 nitrogen and oxygen atoms in total. The molecule has 0 aromatic carbocycles. The molecule has 26 heavy (non-hydrogen) atoms. The lowest BCUT2D eigenvalue weighted by Crippen LogP contribution is -2.32. The van der Waals surface area contributed by atoms with E-state index in [2.05, 4.69) is 9.47 Å². The summed E-state index contributed by atoms with van der Waals surface area (Å²) in [5.41, 5.74) is 0. The molecule has 0 spiro atoms. The van der Waals surface area contributed by atoms with Gasteiger partial charge in [0.15, 0.2) is 24.4 Å². The fourth-order valence-electron chi connectivity index (χ4n) is 2.82. The van der Waals surface area contributed by atoms with Crippen molar-refractivity contribution >= 4 is 12.3 Å². The van der Waals surface area contributed by atoms with Gasteiger partial charge in [0.05, 0.1) is 33.7 Å². The molecule has 10 heteroatoms. The third kappa shape index (κ3) is 4.02. The highest BCUT2D eigenvalue weighted by Crippen LogP contribution is 2.28. The van der Waals surface area contributed by atoms with E-state index < -0.39 is 12.3 Å². The molecule has 4 rings (SSSR count). The van der Waals surface area contributed by atoms with Gasteiger partial charge in [0.1, 0.15) is 18.5 Å². The van der Waals surface area contributed by atoms with E-state index in [9.17, 15) is 9.59 Å². The SMILES string of the molecule is COC(=O)OC1COC2=CCOC21.COC(=O)OC1COC2C=COC21. The van der Waals surface area contributed by atoms with Gasteiger partial charge in [0.25, 0.3) is 0 Å². The average Bonchev–Trinajstić information content (AvgIpc) is 3.39. The third-order valence-electron chi connectivity index (χ3n) is 4.07. The maximum atomic E-state index is 10.8. The van der Waals surface area contributed by atoms with Crippen molar-refractivity contribution in [2.24, 2.45) is 0 Å². The first kappa shape index (κ1) is 18.3. The Morgan fingerprint density at radius 3 is 2.50 bits per heavy atom. The molecule has 0 radical (unpaired) electrons. The van der Waals surface area contributed by atoms with E-state index >= 15 is 0 Å². The first-order valence-electron chi connectivity index (χ1n) is 7.99. The minimum atomic E-state index is -0.704. The van der Waals surface area contributed by atoms with Crippen LogP contribution in [0, 0.1) is 0 Å². The van der Waals surface area contributed by atoms with Crippen molar-refractivity contribution in [3.8, 4) is 0 Å². The van der Waals surface area contributed by atoms with Crippen molar-refractivity contribution in [3.05, 3.63) is 24.2 Å². The quantitative estimate of drug-likeness (QED) is 0.649. The normalized spacial score (nSPS) is 32.8. The lowest BCUT2D eigenvalue weighted by atomic mass is 10.2. The monoisotopic (exact) mass is 372 g/mol. The second kappa shape index (κ2) is 8.28. The van der Waals surface area contributed by atoms with E-state index in [1.807, 2.05) is 6.08 Å². The Hall–Kier alpha value is -2.46. The number of hydrogen-bond donors (Lipinski definition) is 0. The molecule has 0 amide bonds. The van der Waals surface area contributed by atoms with Crippen molar-refractivity contribution < 1.29 is 47.5 Å². The number of ether oxygens (including phenoxy) is 8. The molecule has 2 fully saturated rings. The van der Waals surface area contributed by atoms with Crippen LogP contribution in [0.15, 0.2) is 24.2 Å². The molecule has 4 aliphatic heterocycles. The van der Waals surface area contributed by atoms with Gasteiger partial charge in [0.2, 0.25) is 0 Å². The summed E-state index contributed by atoms with van der Waals surface area (Å²) in [6.45, 7) is 1.21. The van der Waals surface area contributed by atoms with Crippen molar-refractivity contribution in [2.75, 3.05) is 34.0 Å². The number of hydrogen-bond acceptors (Lipinski definition) is 10. The van der Waals surface area contributed by atoms with Crippen LogP contribution < -0.4 is 0 Å². The largest absolute Gasteiger partial charge is 0.508 e. The molecule has 5 atom stereocenters. The Labute approximate surface area is 149 Å². The second-order valence-corrected chi connectivity index (χ2v) is 5.62. The van der Waals surface area contributed by atoms with Gasteiger partial charge in [0, 0.05) is 0 Å². The van der Waals surface area contributed by atoms with Crippen LogP contribution in [-0.2, 0) is 37.9 Å². The molecular weight excluding hydrogens is 352 g/mol. The number of rotatable bonds is 2. The topological polar surface area (TPSA) is 108 Å². The van der Waals surface area contributed by atoms with Gasteiger partial charge in [-0.25, -0.2) is 9.59 Å². The van der Waals surface area contributed by atoms with Gasteiger partial charge in [-0.3, -0.25) is 0 Å². The predicted octanol–water partition coefficient (Wildman–Crippen LogP) is 0.900.